The Balaban J connectivity index is 2.15. The average Bonchev–Trinajstić information content (AvgIpc) is 2.25. The molecule has 0 spiro atoms. The van der Waals surface area contributed by atoms with Crippen LogP contribution >= 0.6 is 0 Å². The van der Waals surface area contributed by atoms with E-state index in [1.807, 2.05) is 6.92 Å². The largest absolute Gasteiger partial charge is 0.424 e. The average molecular weight is 204 g/mol. The van der Waals surface area contributed by atoms with Crippen molar-refractivity contribution in [3.63, 3.8) is 0 Å². The van der Waals surface area contributed by atoms with Gasteiger partial charge in [0.05, 0.1) is 0 Å². The summed E-state index contributed by atoms with van der Waals surface area (Å²) in [5, 5.41) is 0. The highest BCUT2D eigenvalue weighted by Crippen LogP contribution is 2.17. The number of hydrogen-bond donors (Lipinski definition) is 0. The number of benzene rings is 1. The molecule has 0 bridgehead atoms. The Morgan fingerprint density at radius 2 is 1.67 bits per heavy atom. The maximum absolute atomic E-state index is 12.6. The van der Waals surface area contributed by atoms with Crippen molar-refractivity contribution < 1.29 is 9.13 Å². The number of nitrogens with zero attached hydrogens (tertiary/aromatic N) is 2. The van der Waals surface area contributed by atoms with Crippen molar-refractivity contribution in [1.29, 1.82) is 0 Å². The lowest BCUT2D eigenvalue weighted by atomic mass is 10.3. The summed E-state index contributed by atoms with van der Waals surface area (Å²) in [5.74, 6) is 0.215. The van der Waals surface area contributed by atoms with Crippen LogP contribution in [0.2, 0.25) is 0 Å². The van der Waals surface area contributed by atoms with E-state index in [2.05, 4.69) is 9.97 Å². The first-order chi connectivity index (χ1) is 7.24. The zero-order valence-electron chi connectivity index (χ0n) is 8.14. The van der Waals surface area contributed by atoms with Gasteiger partial charge in [0.2, 0.25) is 0 Å². The molecule has 4 heteroatoms. The lowest BCUT2D eigenvalue weighted by Crippen LogP contribution is -1.91. The Kier molecular flexibility index (Phi) is 2.58. The van der Waals surface area contributed by atoms with Crippen LogP contribution in [0.25, 0.3) is 0 Å². The van der Waals surface area contributed by atoms with Crippen LogP contribution in [-0.2, 0) is 0 Å². The van der Waals surface area contributed by atoms with Crippen molar-refractivity contribution in [1.82, 2.24) is 9.97 Å². The summed E-state index contributed by atoms with van der Waals surface area (Å²) in [6.07, 6.45) is 3.32. The topological polar surface area (TPSA) is 35.0 Å². The molecule has 0 atom stereocenters. The van der Waals surface area contributed by atoms with Crippen molar-refractivity contribution in [2.24, 2.45) is 0 Å². The van der Waals surface area contributed by atoms with E-state index in [1.165, 1.54) is 24.3 Å². The molecule has 15 heavy (non-hydrogen) atoms. The highest BCUT2D eigenvalue weighted by molar-refractivity contribution is 5.25. The quantitative estimate of drug-likeness (QED) is 0.754. The Bertz CT molecular complexity index is 396. The van der Waals surface area contributed by atoms with Crippen LogP contribution in [0, 0.1) is 12.7 Å². The summed E-state index contributed by atoms with van der Waals surface area (Å²) in [5.41, 5.74) is 0.960. The third kappa shape index (κ3) is 2.49. The first-order valence-electron chi connectivity index (χ1n) is 4.46. The third-order valence-electron chi connectivity index (χ3n) is 1.78. The Hall–Kier alpha value is -1.97. The maximum atomic E-state index is 12.6. The van der Waals surface area contributed by atoms with Crippen LogP contribution < -0.4 is 4.74 Å². The van der Waals surface area contributed by atoms with Crippen LogP contribution in [-0.4, -0.2) is 9.97 Å². The van der Waals surface area contributed by atoms with Crippen molar-refractivity contribution in [2.45, 2.75) is 6.92 Å². The molecule has 0 aliphatic heterocycles. The van der Waals surface area contributed by atoms with Crippen molar-refractivity contribution in [2.75, 3.05) is 0 Å². The Morgan fingerprint density at radius 1 is 1.07 bits per heavy atom. The number of rotatable bonds is 2. The first kappa shape index (κ1) is 9.58. The summed E-state index contributed by atoms with van der Waals surface area (Å²) in [7, 11) is 0. The van der Waals surface area contributed by atoms with Gasteiger partial charge in [-0.3, -0.25) is 0 Å². The summed E-state index contributed by atoms with van der Waals surface area (Å²) in [6, 6.07) is 5.96. The van der Waals surface area contributed by atoms with Gasteiger partial charge in [0.1, 0.15) is 11.6 Å². The maximum Gasteiger partial charge on any atom is 0.321 e. The molecule has 0 aliphatic carbocycles. The van der Waals surface area contributed by atoms with Gasteiger partial charge in [-0.2, -0.15) is 0 Å². The highest BCUT2D eigenvalue weighted by atomic mass is 19.1. The van der Waals surface area contributed by atoms with Crippen LogP contribution in [0.1, 0.15) is 5.56 Å². The number of aryl methyl sites for hydroxylation is 1. The molecule has 1 aromatic heterocycles. The lowest BCUT2D eigenvalue weighted by Gasteiger charge is -2.02. The second-order valence-corrected chi connectivity index (χ2v) is 3.10. The van der Waals surface area contributed by atoms with Gasteiger partial charge in [0.25, 0.3) is 0 Å². The highest BCUT2D eigenvalue weighted by Gasteiger charge is 1.99. The Labute approximate surface area is 86.6 Å². The fourth-order valence-electron chi connectivity index (χ4n) is 1.04. The second kappa shape index (κ2) is 4.04. The molecule has 0 fully saturated rings. The van der Waals surface area contributed by atoms with E-state index in [0.717, 1.165) is 5.56 Å². The number of aromatic nitrogens is 2. The van der Waals surface area contributed by atoms with Gasteiger partial charge in [-0.25, -0.2) is 14.4 Å². The van der Waals surface area contributed by atoms with Gasteiger partial charge in [0.15, 0.2) is 0 Å². The van der Waals surface area contributed by atoms with Crippen LogP contribution in [0.4, 0.5) is 4.39 Å². The minimum atomic E-state index is -0.299. The van der Waals surface area contributed by atoms with E-state index < -0.39 is 0 Å². The molecule has 2 rings (SSSR count). The fraction of sp³-hybridized carbons (Fsp3) is 0.0909. The van der Waals surface area contributed by atoms with E-state index in [1.54, 1.807) is 12.4 Å². The third-order valence-corrected chi connectivity index (χ3v) is 1.78. The van der Waals surface area contributed by atoms with Crippen LogP contribution in [0.15, 0.2) is 36.7 Å². The number of ether oxygens (including phenoxy) is 1. The molecule has 2 aromatic rings. The molecule has 3 nitrogen and oxygen atoms in total. The molecule has 1 aromatic carbocycles. The van der Waals surface area contributed by atoms with Gasteiger partial charge < -0.3 is 4.74 Å². The van der Waals surface area contributed by atoms with Gasteiger partial charge in [-0.15, -0.1) is 0 Å². The monoisotopic (exact) mass is 204 g/mol. The van der Waals surface area contributed by atoms with Gasteiger partial charge in [-0.1, -0.05) is 0 Å². The Morgan fingerprint density at radius 3 is 2.27 bits per heavy atom. The zero-order valence-corrected chi connectivity index (χ0v) is 8.14. The fourth-order valence-corrected chi connectivity index (χ4v) is 1.04. The summed E-state index contributed by atoms with van der Waals surface area (Å²) < 4.78 is 17.9. The van der Waals surface area contributed by atoms with Crippen LogP contribution in [0.3, 0.4) is 0 Å². The molecule has 0 unspecified atom stereocenters. The number of halogens is 1. The minimum Gasteiger partial charge on any atom is -0.424 e. The van der Waals surface area contributed by atoms with Crippen molar-refractivity contribution in [3.8, 4) is 11.8 Å². The normalized spacial score (nSPS) is 10.0. The van der Waals surface area contributed by atoms with E-state index in [-0.39, 0.29) is 11.8 Å². The first-order valence-corrected chi connectivity index (χ1v) is 4.46. The molecule has 76 valence electrons. The smallest absolute Gasteiger partial charge is 0.321 e. The zero-order chi connectivity index (χ0) is 10.7. The van der Waals surface area contributed by atoms with Gasteiger partial charge >= 0.3 is 6.01 Å². The molecule has 0 amide bonds. The minimum absolute atomic E-state index is 0.257. The van der Waals surface area contributed by atoms with Crippen LogP contribution in [0.5, 0.6) is 11.8 Å². The summed E-state index contributed by atoms with van der Waals surface area (Å²) in [6.45, 7) is 1.89. The molecule has 0 saturated carbocycles. The van der Waals surface area contributed by atoms with Gasteiger partial charge in [0, 0.05) is 12.4 Å². The van der Waals surface area contributed by atoms with Crippen molar-refractivity contribution in [3.05, 3.63) is 48.0 Å². The molecule has 0 N–H and O–H groups in total. The number of hydrogen-bond acceptors (Lipinski definition) is 3. The van der Waals surface area contributed by atoms with E-state index in [4.69, 9.17) is 4.74 Å². The predicted molar refractivity (Wildman–Crippen MR) is 53.2 cm³/mol. The molecule has 0 saturated heterocycles. The predicted octanol–water partition coefficient (Wildman–Crippen LogP) is 2.72. The SMILES string of the molecule is Cc1cnc(Oc2ccc(F)cc2)nc1. The van der Waals surface area contributed by atoms with E-state index >= 15 is 0 Å². The molecular formula is C11H9FN2O. The molecule has 0 aliphatic rings. The molecule has 1 heterocycles. The van der Waals surface area contributed by atoms with E-state index in [9.17, 15) is 4.39 Å². The summed E-state index contributed by atoms with van der Waals surface area (Å²) in [4.78, 5) is 7.94. The molecule has 0 radical (unpaired) electrons. The lowest BCUT2D eigenvalue weighted by molar-refractivity contribution is 0.440. The summed E-state index contributed by atoms with van der Waals surface area (Å²) >= 11 is 0. The standard InChI is InChI=1S/C11H9FN2O/c1-8-6-13-11(14-7-8)15-10-4-2-9(12)3-5-10/h2-7H,1H3. The van der Waals surface area contributed by atoms with Crippen molar-refractivity contribution >= 4 is 0 Å². The molecular weight excluding hydrogens is 195 g/mol. The second-order valence-electron chi connectivity index (χ2n) is 3.10. The van der Waals surface area contributed by atoms with Gasteiger partial charge in [-0.05, 0) is 36.8 Å². The van der Waals surface area contributed by atoms with E-state index in [0.29, 0.717) is 5.75 Å².